The second-order valence-electron chi connectivity index (χ2n) is 5.75. The molecule has 82 valence electrons. The zero-order chi connectivity index (χ0) is 11.4. The van der Waals surface area contributed by atoms with Crippen LogP contribution in [0.3, 0.4) is 0 Å². The minimum Gasteiger partial charge on any atom is -0.207 e. The minimum absolute atomic E-state index is 0.0184. The van der Waals surface area contributed by atoms with E-state index in [2.05, 4.69) is 27.7 Å². The molecule has 0 spiro atoms. The summed E-state index contributed by atoms with van der Waals surface area (Å²) in [6, 6.07) is 3.33. The Morgan fingerprint density at radius 1 is 1.13 bits per heavy atom. The summed E-state index contributed by atoms with van der Waals surface area (Å²) in [6.45, 7) is 8.49. The minimum atomic E-state index is -0.159. The summed E-state index contributed by atoms with van der Waals surface area (Å²) < 4.78 is 13.9. The van der Waals surface area contributed by atoms with E-state index >= 15 is 0 Å². The highest BCUT2D eigenvalue weighted by atomic mass is 35.5. The molecule has 0 unspecified atom stereocenters. The largest absolute Gasteiger partial charge is 0.207 e. The molecule has 0 aromatic heterocycles. The van der Waals surface area contributed by atoms with Crippen molar-refractivity contribution in [2.45, 2.75) is 44.9 Å². The van der Waals surface area contributed by atoms with E-state index in [0.717, 1.165) is 17.5 Å². The van der Waals surface area contributed by atoms with Crippen LogP contribution in [-0.4, -0.2) is 0 Å². The standard InChI is InChI=1S/C13H16ClF/c1-12(2)7-13(3,4)11-9(12)5-8(14)6-10(11)15/h5-6H,7H2,1-4H3. The maximum atomic E-state index is 13.9. The van der Waals surface area contributed by atoms with E-state index in [1.165, 1.54) is 6.07 Å². The van der Waals surface area contributed by atoms with Gasteiger partial charge in [-0.2, -0.15) is 0 Å². The molecule has 0 saturated heterocycles. The van der Waals surface area contributed by atoms with Gasteiger partial charge in [0.1, 0.15) is 5.82 Å². The Bertz CT molecular complexity index is 419. The van der Waals surface area contributed by atoms with Gasteiger partial charge >= 0.3 is 0 Å². The lowest BCUT2D eigenvalue weighted by Crippen LogP contribution is -2.18. The number of fused-ring (bicyclic) bond motifs is 1. The Balaban J connectivity index is 2.75. The van der Waals surface area contributed by atoms with Crippen LogP contribution < -0.4 is 0 Å². The van der Waals surface area contributed by atoms with E-state index in [-0.39, 0.29) is 16.6 Å². The van der Waals surface area contributed by atoms with E-state index in [1.807, 2.05) is 6.07 Å². The van der Waals surface area contributed by atoms with Crippen molar-refractivity contribution in [3.05, 3.63) is 34.1 Å². The lowest BCUT2D eigenvalue weighted by atomic mass is 9.82. The lowest BCUT2D eigenvalue weighted by molar-refractivity contribution is 0.397. The van der Waals surface area contributed by atoms with Crippen LogP contribution in [0.1, 0.15) is 45.2 Å². The molecule has 1 aromatic rings. The SMILES string of the molecule is CC1(C)CC(C)(C)c2c(F)cc(Cl)cc21. The highest BCUT2D eigenvalue weighted by Crippen LogP contribution is 2.50. The van der Waals surface area contributed by atoms with Crippen molar-refractivity contribution in [1.29, 1.82) is 0 Å². The maximum absolute atomic E-state index is 13.9. The molecule has 0 radical (unpaired) electrons. The molecule has 2 rings (SSSR count). The van der Waals surface area contributed by atoms with Crippen molar-refractivity contribution in [2.75, 3.05) is 0 Å². The molecular weight excluding hydrogens is 211 g/mol. The number of halogens is 2. The first-order chi connectivity index (χ1) is 6.74. The molecule has 0 fully saturated rings. The van der Waals surface area contributed by atoms with Crippen molar-refractivity contribution in [3.8, 4) is 0 Å². The van der Waals surface area contributed by atoms with Crippen LogP contribution in [0.25, 0.3) is 0 Å². The van der Waals surface area contributed by atoms with Crippen molar-refractivity contribution in [3.63, 3.8) is 0 Å². The smallest absolute Gasteiger partial charge is 0.128 e. The number of benzene rings is 1. The molecule has 15 heavy (non-hydrogen) atoms. The topological polar surface area (TPSA) is 0 Å². The van der Waals surface area contributed by atoms with Gasteiger partial charge in [-0.05, 0) is 40.5 Å². The van der Waals surface area contributed by atoms with Crippen LogP contribution in [0.4, 0.5) is 4.39 Å². The quantitative estimate of drug-likeness (QED) is 0.614. The summed E-state index contributed by atoms with van der Waals surface area (Å²) in [5.74, 6) is -0.159. The van der Waals surface area contributed by atoms with Gasteiger partial charge in [0.05, 0.1) is 0 Å². The molecule has 0 aliphatic heterocycles. The number of hydrogen-bond donors (Lipinski definition) is 0. The van der Waals surface area contributed by atoms with Gasteiger partial charge in [0.2, 0.25) is 0 Å². The van der Waals surface area contributed by atoms with E-state index in [4.69, 9.17) is 11.6 Å². The van der Waals surface area contributed by atoms with Crippen molar-refractivity contribution < 1.29 is 4.39 Å². The highest BCUT2D eigenvalue weighted by molar-refractivity contribution is 6.30. The molecule has 0 nitrogen and oxygen atoms in total. The second-order valence-corrected chi connectivity index (χ2v) is 6.19. The van der Waals surface area contributed by atoms with E-state index in [1.54, 1.807) is 0 Å². The molecule has 0 heterocycles. The van der Waals surface area contributed by atoms with E-state index < -0.39 is 0 Å². The first-order valence-electron chi connectivity index (χ1n) is 5.24. The van der Waals surface area contributed by atoms with Gasteiger partial charge in [-0.25, -0.2) is 4.39 Å². The molecule has 0 atom stereocenters. The van der Waals surface area contributed by atoms with Gasteiger partial charge in [-0.1, -0.05) is 39.3 Å². The van der Waals surface area contributed by atoms with Gasteiger partial charge < -0.3 is 0 Å². The number of rotatable bonds is 0. The summed E-state index contributed by atoms with van der Waals surface area (Å²) in [5, 5.41) is 0.497. The van der Waals surface area contributed by atoms with Gasteiger partial charge in [0.25, 0.3) is 0 Å². The fourth-order valence-corrected chi connectivity index (χ4v) is 3.29. The van der Waals surface area contributed by atoms with Crippen molar-refractivity contribution in [1.82, 2.24) is 0 Å². The third kappa shape index (κ3) is 1.57. The molecule has 0 saturated carbocycles. The van der Waals surface area contributed by atoms with Crippen LogP contribution in [-0.2, 0) is 10.8 Å². The summed E-state index contributed by atoms with van der Waals surface area (Å²) in [4.78, 5) is 0. The monoisotopic (exact) mass is 226 g/mol. The summed E-state index contributed by atoms with van der Waals surface area (Å²) in [6.07, 6.45) is 0.965. The lowest BCUT2D eigenvalue weighted by Gasteiger charge is -2.22. The molecular formula is C13H16ClF. The van der Waals surface area contributed by atoms with Gasteiger partial charge in [0.15, 0.2) is 0 Å². The predicted octanol–water partition coefficient (Wildman–Crippen LogP) is 4.44. The third-order valence-electron chi connectivity index (χ3n) is 3.34. The summed E-state index contributed by atoms with van der Waals surface area (Å²) in [7, 11) is 0. The molecule has 0 amide bonds. The maximum Gasteiger partial charge on any atom is 0.128 e. The Hall–Kier alpha value is -0.560. The van der Waals surface area contributed by atoms with Crippen LogP contribution in [0, 0.1) is 5.82 Å². The van der Waals surface area contributed by atoms with Gasteiger partial charge in [0, 0.05) is 5.02 Å². The molecule has 1 aromatic carbocycles. The first kappa shape index (κ1) is 10.9. The van der Waals surface area contributed by atoms with Crippen molar-refractivity contribution in [2.24, 2.45) is 0 Å². The Morgan fingerprint density at radius 3 is 2.33 bits per heavy atom. The fraction of sp³-hybridized carbons (Fsp3) is 0.538. The Kier molecular flexibility index (Phi) is 2.17. The second kappa shape index (κ2) is 2.98. The predicted molar refractivity (Wildman–Crippen MR) is 62.1 cm³/mol. The molecule has 1 aliphatic rings. The highest BCUT2D eigenvalue weighted by Gasteiger charge is 2.43. The zero-order valence-corrected chi connectivity index (χ0v) is 10.4. The third-order valence-corrected chi connectivity index (χ3v) is 3.56. The number of hydrogen-bond acceptors (Lipinski definition) is 0. The fourth-order valence-electron chi connectivity index (χ4n) is 3.08. The van der Waals surface area contributed by atoms with Crippen LogP contribution in [0.15, 0.2) is 12.1 Å². The molecule has 0 bridgehead atoms. The first-order valence-corrected chi connectivity index (χ1v) is 5.62. The van der Waals surface area contributed by atoms with Crippen LogP contribution >= 0.6 is 11.6 Å². The Labute approximate surface area is 95.4 Å². The average Bonchev–Trinajstić information content (AvgIpc) is 2.15. The van der Waals surface area contributed by atoms with E-state index in [0.29, 0.717) is 5.02 Å². The summed E-state index contributed by atoms with van der Waals surface area (Å²) >= 11 is 5.91. The van der Waals surface area contributed by atoms with Crippen molar-refractivity contribution >= 4 is 11.6 Å². The molecule has 0 N–H and O–H groups in total. The van der Waals surface area contributed by atoms with Gasteiger partial charge in [-0.15, -0.1) is 0 Å². The summed E-state index contributed by atoms with van der Waals surface area (Å²) in [5.41, 5.74) is 1.84. The van der Waals surface area contributed by atoms with Crippen LogP contribution in [0.2, 0.25) is 5.02 Å². The Morgan fingerprint density at radius 2 is 1.73 bits per heavy atom. The zero-order valence-electron chi connectivity index (χ0n) is 9.62. The average molecular weight is 227 g/mol. The van der Waals surface area contributed by atoms with Gasteiger partial charge in [-0.3, -0.25) is 0 Å². The van der Waals surface area contributed by atoms with E-state index in [9.17, 15) is 4.39 Å². The molecule has 2 heteroatoms. The normalized spacial score (nSPS) is 21.5. The van der Waals surface area contributed by atoms with Crippen LogP contribution in [0.5, 0.6) is 0 Å². The molecule has 1 aliphatic carbocycles.